The van der Waals surface area contributed by atoms with Gasteiger partial charge in [0.1, 0.15) is 0 Å². The molecule has 10 nitrogen and oxygen atoms in total. The number of thiophene rings is 1. The molecule has 170 valence electrons. The minimum absolute atomic E-state index is 0.0317. The van der Waals surface area contributed by atoms with Gasteiger partial charge in [-0.05, 0) is 23.6 Å². The predicted molar refractivity (Wildman–Crippen MR) is 123 cm³/mol. The molecule has 2 aromatic heterocycles. The van der Waals surface area contributed by atoms with Gasteiger partial charge in [0, 0.05) is 40.3 Å². The van der Waals surface area contributed by atoms with Crippen LogP contribution < -0.4 is 21.2 Å². The molecule has 0 bridgehead atoms. The molecular weight excluding hydrogens is 446 g/mol. The van der Waals surface area contributed by atoms with Gasteiger partial charge in [0.05, 0.1) is 16.1 Å². The number of aromatic nitrogens is 2. The molecule has 0 radical (unpaired) electrons. The van der Waals surface area contributed by atoms with Crippen molar-refractivity contribution in [2.75, 3.05) is 31.5 Å². The number of carbonyl (C=O) groups is 2. The van der Waals surface area contributed by atoms with Gasteiger partial charge in [0.25, 0.3) is 17.4 Å². The van der Waals surface area contributed by atoms with E-state index < -0.39 is 11.1 Å². The SMILES string of the molecule is Cn1c(=O)c2c(c(=O)n1C)Oc1c(cccc1C(=O)N1CCN(C(=O)c3cccs3)CC1)N2. The summed E-state index contributed by atoms with van der Waals surface area (Å²) in [6, 6.07) is 8.63. The minimum Gasteiger partial charge on any atom is -0.446 e. The summed E-state index contributed by atoms with van der Waals surface area (Å²) in [7, 11) is 2.96. The largest absolute Gasteiger partial charge is 0.446 e. The number of fused-ring (bicyclic) bond motifs is 2. The fraction of sp³-hybridized carbons (Fsp3) is 0.273. The quantitative estimate of drug-likeness (QED) is 0.480. The molecule has 2 aliphatic rings. The molecule has 33 heavy (non-hydrogen) atoms. The molecule has 1 fully saturated rings. The lowest BCUT2D eigenvalue weighted by atomic mass is 10.1. The molecule has 5 rings (SSSR count). The summed E-state index contributed by atoms with van der Waals surface area (Å²) in [5.74, 6) is -0.228. The van der Waals surface area contributed by atoms with Crippen molar-refractivity contribution in [3.8, 4) is 11.5 Å². The van der Waals surface area contributed by atoms with Crippen molar-refractivity contribution in [1.29, 1.82) is 0 Å². The van der Waals surface area contributed by atoms with E-state index in [9.17, 15) is 19.2 Å². The fourth-order valence-electron chi connectivity index (χ4n) is 3.98. The van der Waals surface area contributed by atoms with Crippen LogP contribution in [-0.2, 0) is 14.1 Å². The molecule has 0 spiro atoms. The third kappa shape index (κ3) is 3.41. The number of nitrogens with zero attached hydrogens (tertiary/aromatic N) is 4. The Morgan fingerprint density at radius 2 is 1.55 bits per heavy atom. The van der Waals surface area contributed by atoms with E-state index in [0.29, 0.717) is 36.7 Å². The molecule has 3 aromatic rings. The number of nitrogens with one attached hydrogen (secondary N) is 1. The zero-order valence-electron chi connectivity index (χ0n) is 18.0. The van der Waals surface area contributed by atoms with Crippen LogP contribution in [0.3, 0.4) is 0 Å². The second-order valence-electron chi connectivity index (χ2n) is 7.83. The smallest absolute Gasteiger partial charge is 0.310 e. The molecule has 1 saturated heterocycles. The van der Waals surface area contributed by atoms with Crippen LogP contribution in [-0.4, -0.2) is 57.2 Å². The van der Waals surface area contributed by atoms with Crippen molar-refractivity contribution in [3.63, 3.8) is 0 Å². The summed E-state index contributed by atoms with van der Waals surface area (Å²) in [4.78, 5) is 55.3. The van der Waals surface area contributed by atoms with Gasteiger partial charge in [-0.2, -0.15) is 0 Å². The molecule has 1 aromatic carbocycles. The Morgan fingerprint density at radius 1 is 0.879 bits per heavy atom. The number of ether oxygens (including phenoxy) is 1. The van der Waals surface area contributed by atoms with Crippen LogP contribution in [0, 0.1) is 0 Å². The third-order valence-electron chi connectivity index (χ3n) is 5.97. The average molecular weight is 468 g/mol. The second-order valence-corrected chi connectivity index (χ2v) is 8.78. The Hall–Kier alpha value is -3.86. The van der Waals surface area contributed by atoms with Crippen LogP contribution in [0.5, 0.6) is 11.5 Å². The summed E-state index contributed by atoms with van der Waals surface area (Å²) in [5, 5.41) is 4.82. The highest BCUT2D eigenvalue weighted by molar-refractivity contribution is 7.12. The van der Waals surface area contributed by atoms with Crippen LogP contribution in [0.1, 0.15) is 20.0 Å². The number of hydrogen-bond acceptors (Lipinski definition) is 7. The zero-order chi connectivity index (χ0) is 23.3. The third-order valence-corrected chi connectivity index (χ3v) is 6.83. The van der Waals surface area contributed by atoms with E-state index in [1.54, 1.807) is 34.1 Å². The summed E-state index contributed by atoms with van der Waals surface area (Å²) in [6.07, 6.45) is 0. The van der Waals surface area contributed by atoms with Crippen molar-refractivity contribution in [2.45, 2.75) is 0 Å². The van der Waals surface area contributed by atoms with E-state index in [2.05, 4.69) is 5.32 Å². The van der Waals surface area contributed by atoms with Crippen LogP contribution in [0.15, 0.2) is 45.3 Å². The van der Waals surface area contributed by atoms with E-state index in [4.69, 9.17) is 4.74 Å². The molecule has 11 heteroatoms. The van der Waals surface area contributed by atoms with Crippen LogP contribution in [0.2, 0.25) is 0 Å². The fourth-order valence-corrected chi connectivity index (χ4v) is 4.67. The first-order valence-corrected chi connectivity index (χ1v) is 11.2. The second kappa shape index (κ2) is 7.93. The van der Waals surface area contributed by atoms with Gasteiger partial charge in [0.15, 0.2) is 11.4 Å². The van der Waals surface area contributed by atoms with Gasteiger partial charge in [0.2, 0.25) is 5.75 Å². The van der Waals surface area contributed by atoms with E-state index in [1.807, 2.05) is 11.4 Å². The number of para-hydroxylation sites is 1. The number of piperazine rings is 1. The number of anilines is 2. The highest BCUT2D eigenvalue weighted by Crippen LogP contribution is 2.41. The molecule has 0 saturated carbocycles. The summed E-state index contributed by atoms with van der Waals surface area (Å²) < 4.78 is 8.20. The number of rotatable bonds is 2. The van der Waals surface area contributed by atoms with Crippen LogP contribution in [0.25, 0.3) is 0 Å². The summed E-state index contributed by atoms with van der Waals surface area (Å²) in [5.41, 5.74) is -0.149. The molecule has 4 heterocycles. The molecule has 0 aliphatic carbocycles. The first-order valence-electron chi connectivity index (χ1n) is 10.4. The standard InChI is InChI=1S/C22H21N5O5S/c1-24-21(30)16-18(22(31)25(24)2)32-17-13(5-3-6-14(17)23-16)19(28)26-8-10-27(11-9-26)20(29)15-7-4-12-33-15/h3-7,12,23H,8-11H2,1-2H3. The minimum atomic E-state index is -0.492. The molecule has 2 amide bonds. The van der Waals surface area contributed by atoms with Gasteiger partial charge in [-0.1, -0.05) is 12.1 Å². The lowest BCUT2D eigenvalue weighted by Crippen LogP contribution is -2.50. The van der Waals surface area contributed by atoms with Gasteiger partial charge in [-0.15, -0.1) is 11.3 Å². The van der Waals surface area contributed by atoms with Crippen molar-refractivity contribution in [2.24, 2.45) is 14.1 Å². The van der Waals surface area contributed by atoms with Crippen molar-refractivity contribution in [3.05, 3.63) is 66.9 Å². The Bertz CT molecular complexity index is 1380. The first kappa shape index (κ1) is 21.0. The Kier molecular flexibility index (Phi) is 5.05. The van der Waals surface area contributed by atoms with Gasteiger partial charge < -0.3 is 19.9 Å². The molecular formula is C22H21N5O5S. The summed E-state index contributed by atoms with van der Waals surface area (Å²) in [6.45, 7) is 1.62. The maximum Gasteiger partial charge on any atom is 0.310 e. The van der Waals surface area contributed by atoms with Crippen molar-refractivity contribution >= 4 is 34.5 Å². The van der Waals surface area contributed by atoms with Crippen molar-refractivity contribution in [1.82, 2.24) is 19.2 Å². The van der Waals surface area contributed by atoms with Crippen LogP contribution >= 0.6 is 11.3 Å². The highest BCUT2D eigenvalue weighted by Gasteiger charge is 2.31. The number of hydrogen-bond donors (Lipinski definition) is 1. The maximum atomic E-state index is 13.3. The monoisotopic (exact) mass is 467 g/mol. The number of benzene rings is 1. The van der Waals surface area contributed by atoms with E-state index in [1.165, 1.54) is 30.1 Å². The number of amides is 2. The van der Waals surface area contributed by atoms with Gasteiger partial charge >= 0.3 is 5.56 Å². The lowest BCUT2D eigenvalue weighted by molar-refractivity contribution is 0.0536. The Balaban J connectivity index is 1.39. The number of carbonyl (C=O) groups excluding carboxylic acids is 2. The topological polar surface area (TPSA) is 106 Å². The van der Waals surface area contributed by atoms with Crippen molar-refractivity contribution < 1.29 is 14.3 Å². The van der Waals surface area contributed by atoms with Crippen LogP contribution in [0.4, 0.5) is 11.4 Å². The van der Waals surface area contributed by atoms with E-state index >= 15 is 0 Å². The zero-order valence-corrected chi connectivity index (χ0v) is 18.8. The molecule has 1 N–H and O–H groups in total. The molecule has 0 atom stereocenters. The maximum absolute atomic E-state index is 13.3. The average Bonchev–Trinajstić information content (AvgIpc) is 3.39. The Morgan fingerprint density at radius 3 is 2.21 bits per heavy atom. The lowest BCUT2D eigenvalue weighted by Gasteiger charge is -2.35. The van der Waals surface area contributed by atoms with E-state index in [-0.39, 0.29) is 34.6 Å². The van der Waals surface area contributed by atoms with E-state index in [0.717, 1.165) is 4.68 Å². The highest BCUT2D eigenvalue weighted by atomic mass is 32.1. The summed E-state index contributed by atoms with van der Waals surface area (Å²) >= 11 is 1.40. The Labute approximate surface area is 192 Å². The molecule has 2 aliphatic heterocycles. The van der Waals surface area contributed by atoms with Gasteiger partial charge in [-0.25, -0.2) is 9.36 Å². The predicted octanol–water partition coefficient (Wildman–Crippen LogP) is 1.59. The molecule has 0 unspecified atom stereocenters. The first-order chi connectivity index (χ1) is 15.9. The van der Waals surface area contributed by atoms with Gasteiger partial charge in [-0.3, -0.25) is 19.2 Å². The normalized spacial score (nSPS) is 14.7.